The van der Waals surface area contributed by atoms with Crippen LogP contribution in [0.25, 0.3) is 0 Å². The van der Waals surface area contributed by atoms with E-state index in [0.29, 0.717) is 11.4 Å². The van der Waals surface area contributed by atoms with Gasteiger partial charge in [0.05, 0.1) is 25.6 Å². The van der Waals surface area contributed by atoms with Crippen molar-refractivity contribution in [1.29, 1.82) is 0 Å². The molecule has 2 rings (SSSR count). The van der Waals surface area contributed by atoms with Crippen LogP contribution in [0.2, 0.25) is 0 Å². The molecule has 8 heteroatoms. The van der Waals surface area contributed by atoms with Gasteiger partial charge in [-0.1, -0.05) is 0 Å². The van der Waals surface area contributed by atoms with Gasteiger partial charge < -0.3 is 30.2 Å². The third-order valence-electron chi connectivity index (χ3n) is 3.22. The lowest BCUT2D eigenvalue weighted by Gasteiger charge is -2.33. The van der Waals surface area contributed by atoms with Crippen molar-refractivity contribution in [3.8, 4) is 5.75 Å². The van der Waals surface area contributed by atoms with Gasteiger partial charge in [0.15, 0.2) is 6.10 Å². The van der Waals surface area contributed by atoms with E-state index in [9.17, 15) is 14.7 Å². The summed E-state index contributed by atoms with van der Waals surface area (Å²) in [4.78, 5) is 22.1. The van der Waals surface area contributed by atoms with Gasteiger partial charge in [-0.15, -0.1) is 0 Å². The second kappa shape index (κ2) is 7.80. The first-order chi connectivity index (χ1) is 10.9. The van der Waals surface area contributed by atoms with Crippen LogP contribution in [0.1, 0.15) is 19.3 Å². The van der Waals surface area contributed by atoms with Gasteiger partial charge >= 0.3 is 11.9 Å². The number of aliphatic carboxylic acids is 1. The molecule has 3 atom stereocenters. The molecule has 1 aromatic rings. The largest absolute Gasteiger partial charge is 0.481 e. The van der Waals surface area contributed by atoms with E-state index >= 15 is 0 Å². The lowest BCUT2D eigenvalue weighted by Crippen LogP contribution is -2.46. The lowest BCUT2D eigenvalue weighted by molar-refractivity contribution is -0.215. The minimum atomic E-state index is -1.09. The Bertz CT molecular complexity index is 545. The van der Waals surface area contributed by atoms with Gasteiger partial charge in [-0.25, -0.2) is 0 Å². The zero-order valence-corrected chi connectivity index (χ0v) is 12.4. The van der Waals surface area contributed by atoms with E-state index in [-0.39, 0.29) is 25.9 Å². The number of carbonyl (C=O) groups is 2. The van der Waals surface area contributed by atoms with E-state index in [4.69, 9.17) is 25.1 Å². The van der Waals surface area contributed by atoms with Gasteiger partial charge in [-0.05, 0) is 24.3 Å². The summed E-state index contributed by atoms with van der Waals surface area (Å²) in [6, 6.07) is 6.60. The van der Waals surface area contributed by atoms with Gasteiger partial charge in [-0.3, -0.25) is 9.59 Å². The van der Waals surface area contributed by atoms with E-state index < -0.39 is 30.4 Å². The smallest absolute Gasteiger partial charge is 0.306 e. The number of hydrogen-bond donors (Lipinski definition) is 3. The molecule has 8 nitrogen and oxygen atoms in total. The SMILES string of the molecule is Nc1ccc(O[C@H]2OC[C@@H](O)C[C@@H]2OC(=O)CCC(=O)O)cc1. The fraction of sp³-hybridized carbons (Fsp3) is 0.467. The molecule has 1 aromatic carbocycles. The second-order valence-electron chi connectivity index (χ2n) is 5.20. The minimum Gasteiger partial charge on any atom is -0.481 e. The summed E-state index contributed by atoms with van der Waals surface area (Å²) in [5.74, 6) is -1.29. The highest BCUT2D eigenvalue weighted by molar-refractivity contribution is 5.76. The molecular formula is C15H19NO7. The third-order valence-corrected chi connectivity index (χ3v) is 3.22. The van der Waals surface area contributed by atoms with Crippen molar-refractivity contribution >= 4 is 17.6 Å². The number of anilines is 1. The molecule has 0 aliphatic carbocycles. The maximum Gasteiger partial charge on any atom is 0.306 e. The number of rotatable bonds is 6. The number of aliphatic hydroxyl groups is 1. The molecule has 0 radical (unpaired) electrons. The van der Waals surface area contributed by atoms with E-state index in [1.165, 1.54) is 0 Å². The summed E-state index contributed by atoms with van der Waals surface area (Å²) >= 11 is 0. The van der Waals surface area contributed by atoms with Crippen molar-refractivity contribution in [3.05, 3.63) is 24.3 Å². The quantitative estimate of drug-likeness (QED) is 0.510. The monoisotopic (exact) mass is 325 g/mol. The Morgan fingerprint density at radius 1 is 1.26 bits per heavy atom. The number of carboxylic acid groups (broad SMARTS) is 1. The average Bonchev–Trinajstić information content (AvgIpc) is 2.50. The summed E-state index contributed by atoms with van der Waals surface area (Å²) in [6.07, 6.45) is -2.90. The van der Waals surface area contributed by atoms with E-state index in [1.807, 2.05) is 0 Å². The Morgan fingerprint density at radius 2 is 1.96 bits per heavy atom. The summed E-state index contributed by atoms with van der Waals surface area (Å²) in [6.45, 7) is 0.0583. The number of ether oxygens (including phenoxy) is 3. The zero-order valence-electron chi connectivity index (χ0n) is 12.4. The molecule has 4 N–H and O–H groups in total. The highest BCUT2D eigenvalue weighted by Gasteiger charge is 2.35. The number of aliphatic hydroxyl groups excluding tert-OH is 1. The molecule has 0 bridgehead atoms. The fourth-order valence-electron chi connectivity index (χ4n) is 2.09. The number of hydrogen-bond acceptors (Lipinski definition) is 7. The van der Waals surface area contributed by atoms with Crippen LogP contribution in [-0.4, -0.2) is 47.3 Å². The van der Waals surface area contributed by atoms with Crippen LogP contribution in [-0.2, 0) is 19.1 Å². The van der Waals surface area contributed by atoms with Gasteiger partial charge in [-0.2, -0.15) is 0 Å². The van der Waals surface area contributed by atoms with Crippen molar-refractivity contribution < 1.29 is 34.0 Å². The molecule has 0 aromatic heterocycles. The Morgan fingerprint density at radius 3 is 2.61 bits per heavy atom. The first-order valence-electron chi connectivity index (χ1n) is 7.17. The molecule has 1 heterocycles. The molecule has 0 saturated carbocycles. The molecule has 0 amide bonds. The maximum atomic E-state index is 11.7. The Hall–Kier alpha value is -2.32. The number of carbonyl (C=O) groups excluding carboxylic acids is 1. The van der Waals surface area contributed by atoms with Crippen molar-refractivity contribution in [1.82, 2.24) is 0 Å². The normalized spacial score (nSPS) is 24.0. The first kappa shape index (κ1) is 17.0. The molecule has 1 fully saturated rings. The first-order valence-corrected chi connectivity index (χ1v) is 7.17. The molecule has 0 spiro atoms. The predicted octanol–water partition coefficient (Wildman–Crippen LogP) is 0.531. The second-order valence-corrected chi connectivity index (χ2v) is 5.20. The highest BCUT2D eigenvalue weighted by atomic mass is 16.7. The summed E-state index contributed by atoms with van der Waals surface area (Å²) in [7, 11) is 0. The number of carboxylic acids is 1. The Kier molecular flexibility index (Phi) is 5.78. The van der Waals surface area contributed by atoms with Gasteiger partial charge in [0.1, 0.15) is 5.75 Å². The van der Waals surface area contributed by atoms with Crippen LogP contribution in [0.3, 0.4) is 0 Å². The lowest BCUT2D eigenvalue weighted by atomic mass is 10.1. The maximum absolute atomic E-state index is 11.7. The van der Waals surface area contributed by atoms with Crippen LogP contribution in [0, 0.1) is 0 Å². The van der Waals surface area contributed by atoms with Crippen LogP contribution in [0.4, 0.5) is 5.69 Å². The molecule has 23 heavy (non-hydrogen) atoms. The Labute approximate surface area is 132 Å². The van der Waals surface area contributed by atoms with Crippen LogP contribution >= 0.6 is 0 Å². The molecule has 1 saturated heterocycles. The zero-order chi connectivity index (χ0) is 16.8. The fourth-order valence-corrected chi connectivity index (χ4v) is 2.09. The van der Waals surface area contributed by atoms with E-state index in [2.05, 4.69) is 0 Å². The van der Waals surface area contributed by atoms with Crippen LogP contribution in [0.15, 0.2) is 24.3 Å². The summed E-state index contributed by atoms with van der Waals surface area (Å²) in [5.41, 5.74) is 6.17. The Balaban J connectivity index is 1.96. The van der Waals surface area contributed by atoms with Crippen molar-refractivity contribution in [3.63, 3.8) is 0 Å². The molecule has 1 aliphatic rings. The summed E-state index contributed by atoms with van der Waals surface area (Å²) in [5, 5.41) is 18.2. The minimum absolute atomic E-state index is 0.0583. The number of esters is 1. The average molecular weight is 325 g/mol. The van der Waals surface area contributed by atoms with Crippen molar-refractivity contribution in [2.75, 3.05) is 12.3 Å². The van der Waals surface area contributed by atoms with Crippen molar-refractivity contribution in [2.45, 2.75) is 37.8 Å². The predicted molar refractivity (Wildman–Crippen MR) is 78.6 cm³/mol. The topological polar surface area (TPSA) is 128 Å². The number of nitrogens with two attached hydrogens (primary N) is 1. The van der Waals surface area contributed by atoms with Crippen LogP contribution in [0.5, 0.6) is 5.75 Å². The van der Waals surface area contributed by atoms with Crippen LogP contribution < -0.4 is 10.5 Å². The molecule has 1 aliphatic heterocycles. The van der Waals surface area contributed by atoms with Gasteiger partial charge in [0.25, 0.3) is 0 Å². The molecular weight excluding hydrogens is 306 g/mol. The van der Waals surface area contributed by atoms with Gasteiger partial charge in [0.2, 0.25) is 6.29 Å². The van der Waals surface area contributed by atoms with E-state index in [0.717, 1.165) is 0 Å². The standard InChI is InChI=1S/C15H19NO7/c16-9-1-3-11(4-2-9)22-15-12(7-10(17)8-21-15)23-14(20)6-5-13(18)19/h1-4,10,12,15,17H,5-8,16H2,(H,18,19)/t10-,12-,15+/m0/s1. The molecule has 0 unspecified atom stereocenters. The highest BCUT2D eigenvalue weighted by Crippen LogP contribution is 2.23. The third kappa shape index (κ3) is 5.42. The van der Waals surface area contributed by atoms with E-state index in [1.54, 1.807) is 24.3 Å². The van der Waals surface area contributed by atoms with Crippen molar-refractivity contribution in [2.24, 2.45) is 0 Å². The molecule has 126 valence electrons. The number of nitrogen functional groups attached to an aromatic ring is 1. The van der Waals surface area contributed by atoms with Gasteiger partial charge in [0, 0.05) is 12.1 Å². The number of benzene rings is 1. The summed E-state index contributed by atoms with van der Waals surface area (Å²) < 4.78 is 16.2.